The topological polar surface area (TPSA) is 69.8 Å². The maximum absolute atomic E-state index is 12.1. The third-order valence-corrected chi connectivity index (χ3v) is 3.02. The van der Waals surface area contributed by atoms with Gasteiger partial charge in [-0.1, -0.05) is 0 Å². The van der Waals surface area contributed by atoms with E-state index in [2.05, 4.69) is 9.88 Å². The van der Waals surface area contributed by atoms with Gasteiger partial charge in [-0.25, -0.2) is 4.98 Å². The van der Waals surface area contributed by atoms with Gasteiger partial charge in [0.15, 0.2) is 12.1 Å². The third kappa shape index (κ3) is 2.65. The number of piperazine rings is 1. The molecule has 0 spiro atoms. The van der Waals surface area contributed by atoms with Crippen molar-refractivity contribution < 1.29 is 14.3 Å². The number of aromatic nitrogens is 1. The molecule has 1 aliphatic rings. The molecule has 1 aromatic heterocycles. The lowest BCUT2D eigenvalue weighted by Crippen LogP contribution is -2.49. The first-order valence-electron chi connectivity index (χ1n) is 5.75. The van der Waals surface area contributed by atoms with Gasteiger partial charge >= 0.3 is 0 Å². The Labute approximate surface area is 99.8 Å². The standard InChI is InChI=1S/C11H17N3O3/c1-9-10(12-8-17-9)11(16)14-4-2-13(3-5-14)6-7-15/h8,15H,2-7H2,1H3. The van der Waals surface area contributed by atoms with E-state index in [4.69, 9.17) is 9.52 Å². The summed E-state index contributed by atoms with van der Waals surface area (Å²) in [6.07, 6.45) is 1.30. The molecule has 1 aromatic rings. The second-order valence-corrected chi connectivity index (χ2v) is 4.11. The molecule has 0 aromatic carbocycles. The van der Waals surface area contributed by atoms with E-state index in [9.17, 15) is 4.79 Å². The number of nitrogens with zero attached hydrogens (tertiary/aromatic N) is 3. The number of aliphatic hydroxyl groups is 1. The predicted octanol–water partition coefficient (Wildman–Crippen LogP) is -0.267. The summed E-state index contributed by atoms with van der Waals surface area (Å²) in [6.45, 7) is 5.51. The van der Waals surface area contributed by atoms with Crippen molar-refractivity contribution in [1.82, 2.24) is 14.8 Å². The number of hydrogen-bond acceptors (Lipinski definition) is 5. The fourth-order valence-corrected chi connectivity index (χ4v) is 1.98. The van der Waals surface area contributed by atoms with Gasteiger partial charge < -0.3 is 14.4 Å². The highest BCUT2D eigenvalue weighted by Crippen LogP contribution is 2.10. The smallest absolute Gasteiger partial charge is 0.276 e. The quantitative estimate of drug-likeness (QED) is 0.786. The normalized spacial score (nSPS) is 17.4. The second kappa shape index (κ2) is 5.29. The van der Waals surface area contributed by atoms with Gasteiger partial charge in [-0.05, 0) is 6.92 Å². The number of aryl methyl sites for hydroxylation is 1. The minimum absolute atomic E-state index is 0.0695. The lowest BCUT2D eigenvalue weighted by atomic mass is 10.2. The van der Waals surface area contributed by atoms with Crippen LogP contribution < -0.4 is 0 Å². The number of carbonyl (C=O) groups excluding carboxylic acids is 1. The lowest BCUT2D eigenvalue weighted by molar-refractivity contribution is 0.0608. The summed E-state index contributed by atoms with van der Waals surface area (Å²) in [5, 5.41) is 8.84. The molecule has 0 atom stereocenters. The van der Waals surface area contributed by atoms with Crippen LogP contribution in [0.3, 0.4) is 0 Å². The van der Waals surface area contributed by atoms with Crippen LogP contribution in [0.2, 0.25) is 0 Å². The monoisotopic (exact) mass is 239 g/mol. The second-order valence-electron chi connectivity index (χ2n) is 4.11. The predicted molar refractivity (Wildman–Crippen MR) is 60.7 cm³/mol. The van der Waals surface area contributed by atoms with Crippen molar-refractivity contribution in [3.05, 3.63) is 17.8 Å². The molecule has 0 bridgehead atoms. The molecule has 0 saturated carbocycles. The lowest BCUT2D eigenvalue weighted by Gasteiger charge is -2.33. The summed E-state index contributed by atoms with van der Waals surface area (Å²) in [6, 6.07) is 0. The fourth-order valence-electron chi connectivity index (χ4n) is 1.98. The Morgan fingerprint density at radius 2 is 2.18 bits per heavy atom. The highest BCUT2D eigenvalue weighted by atomic mass is 16.3. The van der Waals surface area contributed by atoms with Gasteiger partial charge in [-0.3, -0.25) is 9.69 Å². The minimum atomic E-state index is -0.0695. The largest absolute Gasteiger partial charge is 0.448 e. The molecule has 1 N–H and O–H groups in total. The van der Waals surface area contributed by atoms with Gasteiger partial charge in [0.25, 0.3) is 5.91 Å². The molecule has 1 aliphatic heterocycles. The van der Waals surface area contributed by atoms with Crippen LogP contribution in [-0.2, 0) is 0 Å². The van der Waals surface area contributed by atoms with Gasteiger partial charge in [0.05, 0.1) is 6.61 Å². The zero-order chi connectivity index (χ0) is 12.3. The molecule has 1 saturated heterocycles. The van der Waals surface area contributed by atoms with E-state index in [1.165, 1.54) is 6.39 Å². The van der Waals surface area contributed by atoms with Crippen molar-refractivity contribution in [2.75, 3.05) is 39.3 Å². The summed E-state index contributed by atoms with van der Waals surface area (Å²) in [5.74, 6) is 0.493. The van der Waals surface area contributed by atoms with Crippen molar-refractivity contribution >= 4 is 5.91 Å². The van der Waals surface area contributed by atoms with Crippen LogP contribution in [0.25, 0.3) is 0 Å². The van der Waals surface area contributed by atoms with Crippen LogP contribution >= 0.6 is 0 Å². The van der Waals surface area contributed by atoms with Crippen LogP contribution in [0, 0.1) is 6.92 Å². The van der Waals surface area contributed by atoms with E-state index >= 15 is 0 Å². The van der Waals surface area contributed by atoms with E-state index in [0.717, 1.165) is 13.1 Å². The number of oxazole rings is 1. The minimum Gasteiger partial charge on any atom is -0.448 e. The van der Waals surface area contributed by atoms with Gasteiger partial charge in [0, 0.05) is 32.7 Å². The van der Waals surface area contributed by atoms with Gasteiger partial charge in [-0.2, -0.15) is 0 Å². The Hall–Kier alpha value is -1.40. The maximum atomic E-state index is 12.1. The Morgan fingerprint density at radius 3 is 2.71 bits per heavy atom. The van der Waals surface area contributed by atoms with Crippen LogP contribution in [-0.4, -0.2) is 65.1 Å². The molecule has 1 amide bonds. The molecule has 0 unspecified atom stereocenters. The van der Waals surface area contributed by atoms with Crippen molar-refractivity contribution in [1.29, 1.82) is 0 Å². The third-order valence-electron chi connectivity index (χ3n) is 3.02. The number of rotatable bonds is 3. The molecule has 6 heteroatoms. The molecule has 17 heavy (non-hydrogen) atoms. The van der Waals surface area contributed by atoms with E-state index in [1.807, 2.05) is 0 Å². The molecule has 2 heterocycles. The van der Waals surface area contributed by atoms with Crippen molar-refractivity contribution in [3.63, 3.8) is 0 Å². The van der Waals surface area contributed by atoms with Crippen molar-refractivity contribution in [2.45, 2.75) is 6.92 Å². The molecule has 6 nitrogen and oxygen atoms in total. The molecule has 0 radical (unpaired) electrons. The zero-order valence-electron chi connectivity index (χ0n) is 9.93. The summed E-state index contributed by atoms with van der Waals surface area (Å²) in [5.41, 5.74) is 0.403. The number of carbonyl (C=O) groups is 1. The summed E-state index contributed by atoms with van der Waals surface area (Å²) >= 11 is 0. The molecular weight excluding hydrogens is 222 g/mol. The number of hydrogen-bond donors (Lipinski definition) is 1. The van der Waals surface area contributed by atoms with Crippen molar-refractivity contribution in [2.24, 2.45) is 0 Å². The van der Waals surface area contributed by atoms with Gasteiger partial charge in [0.2, 0.25) is 0 Å². The van der Waals surface area contributed by atoms with Crippen LogP contribution in [0.1, 0.15) is 16.2 Å². The fraction of sp³-hybridized carbons (Fsp3) is 0.636. The van der Waals surface area contributed by atoms with Gasteiger partial charge in [-0.15, -0.1) is 0 Å². The average Bonchev–Trinajstić information content (AvgIpc) is 2.76. The number of aliphatic hydroxyl groups excluding tert-OH is 1. The zero-order valence-corrected chi connectivity index (χ0v) is 9.93. The van der Waals surface area contributed by atoms with Crippen LogP contribution in [0.4, 0.5) is 0 Å². The number of β-amino-alcohol motifs (C(OH)–C–C–N with tert-alkyl or cyclic N) is 1. The summed E-state index contributed by atoms with van der Waals surface area (Å²) < 4.78 is 5.03. The SMILES string of the molecule is Cc1ocnc1C(=O)N1CCN(CCO)CC1. The molecular formula is C11H17N3O3. The summed E-state index contributed by atoms with van der Waals surface area (Å²) in [4.78, 5) is 19.9. The van der Waals surface area contributed by atoms with Crippen molar-refractivity contribution in [3.8, 4) is 0 Å². The van der Waals surface area contributed by atoms with Gasteiger partial charge in [0.1, 0.15) is 5.76 Å². The highest BCUT2D eigenvalue weighted by molar-refractivity contribution is 5.93. The number of amides is 1. The van der Waals surface area contributed by atoms with E-state index in [-0.39, 0.29) is 12.5 Å². The Bertz CT molecular complexity index is 383. The maximum Gasteiger partial charge on any atom is 0.276 e. The molecule has 94 valence electrons. The Balaban J connectivity index is 1.93. The highest BCUT2D eigenvalue weighted by Gasteiger charge is 2.24. The Kier molecular flexibility index (Phi) is 3.75. The van der Waals surface area contributed by atoms with Crippen LogP contribution in [0.15, 0.2) is 10.8 Å². The van der Waals surface area contributed by atoms with E-state index in [0.29, 0.717) is 31.1 Å². The Morgan fingerprint density at radius 1 is 1.47 bits per heavy atom. The summed E-state index contributed by atoms with van der Waals surface area (Å²) in [7, 11) is 0. The van der Waals surface area contributed by atoms with E-state index < -0.39 is 0 Å². The van der Waals surface area contributed by atoms with Crippen LogP contribution in [0.5, 0.6) is 0 Å². The first kappa shape index (κ1) is 12.1. The average molecular weight is 239 g/mol. The molecule has 0 aliphatic carbocycles. The first-order valence-corrected chi connectivity index (χ1v) is 5.75. The molecule has 1 fully saturated rings. The molecule has 2 rings (SSSR count). The first-order chi connectivity index (χ1) is 8.22. The van der Waals surface area contributed by atoms with E-state index in [1.54, 1.807) is 11.8 Å².